The van der Waals surface area contributed by atoms with Crippen LogP contribution in [0.1, 0.15) is 31.4 Å². The first-order valence-electron chi connectivity index (χ1n) is 7.75. The number of hydrogen-bond donors (Lipinski definition) is 1. The summed E-state index contributed by atoms with van der Waals surface area (Å²) in [6.07, 6.45) is 2.45. The van der Waals surface area contributed by atoms with Crippen LogP contribution in [0.25, 0.3) is 0 Å². The first-order chi connectivity index (χ1) is 10.1. The van der Waals surface area contributed by atoms with Crippen LogP contribution in [0.4, 0.5) is 11.4 Å². The smallest absolute Gasteiger partial charge is 0.0399 e. The van der Waals surface area contributed by atoms with Crippen LogP contribution >= 0.6 is 0 Å². The van der Waals surface area contributed by atoms with Crippen LogP contribution in [0.2, 0.25) is 0 Å². The molecule has 0 fully saturated rings. The van der Waals surface area contributed by atoms with Gasteiger partial charge in [-0.2, -0.15) is 0 Å². The van der Waals surface area contributed by atoms with Crippen molar-refractivity contribution in [3.63, 3.8) is 0 Å². The number of anilines is 2. The SMILES string of the molecule is CC(C)(CN1CCCc2ccccc21)c1ccc(N)cc1. The Kier molecular flexibility index (Phi) is 3.62. The van der Waals surface area contributed by atoms with E-state index in [2.05, 4.69) is 55.1 Å². The maximum atomic E-state index is 5.81. The summed E-state index contributed by atoms with van der Waals surface area (Å²) >= 11 is 0. The van der Waals surface area contributed by atoms with Crippen LogP contribution in [-0.4, -0.2) is 13.1 Å². The Morgan fingerprint density at radius 2 is 1.76 bits per heavy atom. The van der Waals surface area contributed by atoms with Crippen molar-refractivity contribution in [3.8, 4) is 0 Å². The van der Waals surface area contributed by atoms with Gasteiger partial charge in [0.15, 0.2) is 0 Å². The van der Waals surface area contributed by atoms with Gasteiger partial charge in [-0.15, -0.1) is 0 Å². The average molecular weight is 280 g/mol. The van der Waals surface area contributed by atoms with Gasteiger partial charge >= 0.3 is 0 Å². The molecule has 2 nitrogen and oxygen atoms in total. The molecule has 3 rings (SSSR count). The lowest BCUT2D eigenvalue weighted by Gasteiger charge is -2.38. The number of para-hydroxylation sites is 1. The average Bonchev–Trinajstić information content (AvgIpc) is 2.48. The highest BCUT2D eigenvalue weighted by Crippen LogP contribution is 2.32. The van der Waals surface area contributed by atoms with Crippen molar-refractivity contribution in [1.82, 2.24) is 0 Å². The van der Waals surface area contributed by atoms with Crippen LogP contribution in [0.5, 0.6) is 0 Å². The number of nitrogens with two attached hydrogens (primary N) is 1. The zero-order valence-corrected chi connectivity index (χ0v) is 13.0. The molecule has 1 aliphatic heterocycles. The normalized spacial score (nSPS) is 14.9. The minimum Gasteiger partial charge on any atom is -0.399 e. The predicted molar refractivity (Wildman–Crippen MR) is 90.9 cm³/mol. The Bertz CT molecular complexity index is 614. The summed E-state index contributed by atoms with van der Waals surface area (Å²) in [6, 6.07) is 17.1. The molecule has 0 spiro atoms. The molecule has 0 aromatic heterocycles. The highest BCUT2D eigenvalue weighted by molar-refractivity contribution is 5.56. The maximum Gasteiger partial charge on any atom is 0.0399 e. The molecule has 0 amide bonds. The standard InChI is InChI=1S/C19H24N2/c1-19(2,16-9-11-17(20)12-10-16)14-21-13-5-7-15-6-3-4-8-18(15)21/h3-4,6,8-12H,5,7,13-14,20H2,1-2H3. The lowest BCUT2D eigenvalue weighted by atomic mass is 9.83. The Hall–Kier alpha value is -1.96. The fourth-order valence-corrected chi connectivity index (χ4v) is 3.28. The third-order valence-corrected chi connectivity index (χ3v) is 4.48. The minimum absolute atomic E-state index is 0.109. The zero-order chi connectivity index (χ0) is 14.9. The second kappa shape index (κ2) is 5.44. The molecule has 0 saturated carbocycles. The quantitative estimate of drug-likeness (QED) is 0.861. The van der Waals surface area contributed by atoms with Gasteiger partial charge in [-0.1, -0.05) is 44.2 Å². The predicted octanol–water partition coefficient (Wildman–Crippen LogP) is 4.00. The second-order valence-electron chi connectivity index (χ2n) is 6.66. The van der Waals surface area contributed by atoms with Crippen molar-refractivity contribution in [2.75, 3.05) is 23.7 Å². The van der Waals surface area contributed by atoms with Crippen molar-refractivity contribution in [3.05, 3.63) is 59.7 Å². The van der Waals surface area contributed by atoms with Gasteiger partial charge in [-0.25, -0.2) is 0 Å². The monoisotopic (exact) mass is 280 g/mol. The molecule has 0 saturated heterocycles. The van der Waals surface area contributed by atoms with E-state index in [9.17, 15) is 0 Å². The number of rotatable bonds is 3. The second-order valence-corrected chi connectivity index (χ2v) is 6.66. The van der Waals surface area contributed by atoms with E-state index < -0.39 is 0 Å². The van der Waals surface area contributed by atoms with E-state index in [4.69, 9.17) is 5.73 Å². The molecule has 0 unspecified atom stereocenters. The molecule has 0 aliphatic carbocycles. The first-order valence-corrected chi connectivity index (χ1v) is 7.75. The van der Waals surface area contributed by atoms with Crippen LogP contribution in [-0.2, 0) is 11.8 Å². The van der Waals surface area contributed by atoms with Crippen LogP contribution in [0.15, 0.2) is 48.5 Å². The largest absolute Gasteiger partial charge is 0.399 e. The Balaban J connectivity index is 1.84. The molecule has 1 aliphatic rings. The third-order valence-electron chi connectivity index (χ3n) is 4.48. The van der Waals surface area contributed by atoms with Crippen LogP contribution in [0.3, 0.4) is 0 Å². The number of nitrogens with zero attached hydrogens (tertiary/aromatic N) is 1. The third kappa shape index (κ3) is 2.90. The van der Waals surface area contributed by atoms with Gasteiger partial charge in [-0.05, 0) is 42.2 Å². The molecule has 2 N–H and O–H groups in total. The van der Waals surface area contributed by atoms with E-state index in [1.54, 1.807) is 0 Å². The fourth-order valence-electron chi connectivity index (χ4n) is 3.28. The molecular formula is C19H24N2. The summed E-state index contributed by atoms with van der Waals surface area (Å²) in [6.45, 7) is 6.81. The van der Waals surface area contributed by atoms with Gasteiger partial charge < -0.3 is 10.6 Å². The summed E-state index contributed by atoms with van der Waals surface area (Å²) in [5.74, 6) is 0. The van der Waals surface area contributed by atoms with Gasteiger partial charge in [0.25, 0.3) is 0 Å². The van der Waals surface area contributed by atoms with Gasteiger partial charge in [0.2, 0.25) is 0 Å². The molecule has 0 bridgehead atoms. The number of benzene rings is 2. The molecule has 110 valence electrons. The summed E-state index contributed by atoms with van der Waals surface area (Å²) in [4.78, 5) is 2.54. The first kappa shape index (κ1) is 14.0. The lowest BCUT2D eigenvalue weighted by Crippen LogP contribution is -2.39. The van der Waals surface area contributed by atoms with Crippen molar-refractivity contribution < 1.29 is 0 Å². The minimum atomic E-state index is 0.109. The van der Waals surface area contributed by atoms with Crippen LogP contribution < -0.4 is 10.6 Å². The molecular weight excluding hydrogens is 256 g/mol. The highest BCUT2D eigenvalue weighted by atomic mass is 15.1. The van der Waals surface area contributed by atoms with Gasteiger partial charge in [0.05, 0.1) is 0 Å². The summed E-state index contributed by atoms with van der Waals surface area (Å²) in [5.41, 5.74) is 11.0. The molecule has 0 radical (unpaired) electrons. The Morgan fingerprint density at radius 1 is 1.05 bits per heavy atom. The molecule has 1 heterocycles. The fraction of sp³-hybridized carbons (Fsp3) is 0.368. The topological polar surface area (TPSA) is 29.3 Å². The van der Waals surface area contributed by atoms with Crippen molar-refractivity contribution in [1.29, 1.82) is 0 Å². The molecule has 0 atom stereocenters. The molecule has 21 heavy (non-hydrogen) atoms. The van der Waals surface area contributed by atoms with Crippen molar-refractivity contribution in [2.45, 2.75) is 32.1 Å². The molecule has 2 heteroatoms. The maximum absolute atomic E-state index is 5.81. The van der Waals surface area contributed by atoms with E-state index in [1.165, 1.54) is 29.7 Å². The van der Waals surface area contributed by atoms with Gasteiger partial charge in [0.1, 0.15) is 0 Å². The molecule has 2 aromatic rings. The summed E-state index contributed by atoms with van der Waals surface area (Å²) in [7, 11) is 0. The zero-order valence-electron chi connectivity index (χ0n) is 13.0. The van der Waals surface area contributed by atoms with E-state index in [-0.39, 0.29) is 5.41 Å². The number of fused-ring (bicyclic) bond motifs is 1. The van der Waals surface area contributed by atoms with E-state index in [1.807, 2.05) is 12.1 Å². The van der Waals surface area contributed by atoms with E-state index in [0.717, 1.165) is 18.8 Å². The van der Waals surface area contributed by atoms with Gasteiger partial charge in [-0.3, -0.25) is 0 Å². The number of aryl methyl sites for hydroxylation is 1. The molecule has 2 aromatic carbocycles. The van der Waals surface area contributed by atoms with Gasteiger partial charge in [0, 0.05) is 29.9 Å². The number of nitrogen functional groups attached to an aromatic ring is 1. The Labute approximate surface area is 127 Å². The van der Waals surface area contributed by atoms with Crippen molar-refractivity contribution in [2.24, 2.45) is 0 Å². The summed E-state index contributed by atoms with van der Waals surface area (Å²) < 4.78 is 0. The van der Waals surface area contributed by atoms with Crippen molar-refractivity contribution >= 4 is 11.4 Å². The summed E-state index contributed by atoms with van der Waals surface area (Å²) in [5, 5.41) is 0. The van der Waals surface area contributed by atoms with E-state index in [0.29, 0.717) is 0 Å². The lowest BCUT2D eigenvalue weighted by molar-refractivity contribution is 0.499. The Morgan fingerprint density at radius 3 is 2.52 bits per heavy atom. The van der Waals surface area contributed by atoms with E-state index >= 15 is 0 Å². The van der Waals surface area contributed by atoms with Crippen LogP contribution in [0, 0.1) is 0 Å². The highest BCUT2D eigenvalue weighted by Gasteiger charge is 2.26. The number of hydrogen-bond acceptors (Lipinski definition) is 2.